The topological polar surface area (TPSA) is 50.5 Å². The van der Waals surface area contributed by atoms with Crippen molar-refractivity contribution in [1.29, 1.82) is 0 Å². The van der Waals surface area contributed by atoms with Crippen molar-refractivity contribution in [1.82, 2.24) is 14.5 Å². The summed E-state index contributed by atoms with van der Waals surface area (Å²) >= 11 is 3.61. The second-order valence-electron chi connectivity index (χ2n) is 10.4. The molecule has 6 heteroatoms. The maximum absolute atomic E-state index is 10.9. The van der Waals surface area contributed by atoms with E-state index in [0.29, 0.717) is 5.92 Å². The molecule has 1 unspecified atom stereocenters. The minimum Gasteiger partial charge on any atom is -0.383 e. The lowest BCUT2D eigenvalue weighted by Crippen LogP contribution is -2.47. The number of imidazole rings is 1. The average molecular weight is 512 g/mol. The summed E-state index contributed by atoms with van der Waals surface area (Å²) in [6, 6.07) is 13.2. The highest BCUT2D eigenvalue weighted by molar-refractivity contribution is 9.10. The zero-order chi connectivity index (χ0) is 23.3. The van der Waals surface area contributed by atoms with Crippen LogP contribution >= 0.6 is 15.9 Å². The molecule has 1 fully saturated rings. The van der Waals surface area contributed by atoms with Crippen LogP contribution in [0.4, 0.5) is 0 Å². The molecule has 1 saturated heterocycles. The maximum Gasteiger partial charge on any atom is 0.141 e. The third-order valence-corrected chi connectivity index (χ3v) is 7.83. The Bertz CT molecular complexity index is 1170. The fourth-order valence-corrected chi connectivity index (χ4v) is 6.22. The van der Waals surface area contributed by atoms with E-state index in [2.05, 4.69) is 68.7 Å². The van der Waals surface area contributed by atoms with E-state index in [1.54, 1.807) is 0 Å². The van der Waals surface area contributed by atoms with Crippen molar-refractivity contribution >= 4 is 27.0 Å². The van der Waals surface area contributed by atoms with Crippen molar-refractivity contribution in [3.05, 3.63) is 63.4 Å². The van der Waals surface area contributed by atoms with E-state index in [0.717, 1.165) is 55.8 Å². The molecule has 1 aliphatic carbocycles. The van der Waals surface area contributed by atoms with Crippen molar-refractivity contribution in [2.24, 2.45) is 5.92 Å². The Hall–Kier alpha value is -1.73. The van der Waals surface area contributed by atoms with Gasteiger partial charge in [-0.1, -0.05) is 28.1 Å². The number of nitrogens with zero attached hydrogens (tertiary/aromatic N) is 3. The molecule has 0 saturated carbocycles. The van der Waals surface area contributed by atoms with Gasteiger partial charge < -0.3 is 19.3 Å². The number of fused-ring (bicyclic) bond motifs is 2. The lowest BCUT2D eigenvalue weighted by molar-refractivity contribution is -0.0151. The molecule has 0 spiro atoms. The van der Waals surface area contributed by atoms with Crippen LogP contribution in [0.15, 0.2) is 40.9 Å². The number of methoxy groups -OCH3 is 1. The number of hydrogen-bond acceptors (Lipinski definition) is 4. The molecule has 0 radical (unpaired) electrons. The van der Waals surface area contributed by atoms with Gasteiger partial charge in [-0.2, -0.15) is 0 Å². The van der Waals surface area contributed by atoms with Gasteiger partial charge in [0.2, 0.25) is 0 Å². The van der Waals surface area contributed by atoms with Gasteiger partial charge in [0.05, 0.1) is 23.2 Å². The van der Waals surface area contributed by atoms with Crippen molar-refractivity contribution in [3.63, 3.8) is 0 Å². The summed E-state index contributed by atoms with van der Waals surface area (Å²) in [5, 5.41) is 10.9. The van der Waals surface area contributed by atoms with Gasteiger partial charge >= 0.3 is 0 Å². The van der Waals surface area contributed by atoms with Crippen molar-refractivity contribution in [2.45, 2.75) is 57.8 Å². The Morgan fingerprint density at radius 2 is 1.94 bits per heavy atom. The van der Waals surface area contributed by atoms with Crippen LogP contribution in [-0.2, 0) is 23.2 Å². The highest BCUT2D eigenvalue weighted by Gasteiger charge is 2.37. The van der Waals surface area contributed by atoms with E-state index in [1.807, 2.05) is 21.0 Å². The van der Waals surface area contributed by atoms with Crippen molar-refractivity contribution in [3.8, 4) is 0 Å². The predicted molar refractivity (Wildman–Crippen MR) is 136 cm³/mol. The molecule has 2 heterocycles. The highest BCUT2D eigenvalue weighted by Crippen LogP contribution is 2.36. The molecular weight excluding hydrogens is 478 g/mol. The fourth-order valence-electron chi connectivity index (χ4n) is 5.81. The number of likely N-dealkylation sites (tertiary alicyclic amines) is 1. The molecule has 1 aromatic heterocycles. The van der Waals surface area contributed by atoms with E-state index in [-0.39, 0.29) is 12.1 Å². The first-order chi connectivity index (χ1) is 15.7. The third-order valence-electron chi connectivity index (χ3n) is 7.34. The van der Waals surface area contributed by atoms with E-state index in [1.165, 1.54) is 21.2 Å². The molecule has 3 atom stereocenters. The zero-order valence-corrected chi connectivity index (χ0v) is 21.6. The first-order valence-corrected chi connectivity index (χ1v) is 12.8. The van der Waals surface area contributed by atoms with E-state index >= 15 is 0 Å². The number of aryl methyl sites for hydroxylation is 1. The maximum atomic E-state index is 10.9. The molecule has 1 aliphatic heterocycles. The van der Waals surface area contributed by atoms with Crippen LogP contribution in [0.2, 0.25) is 0 Å². The number of aliphatic hydroxyl groups is 1. The normalized spacial score (nSPS) is 23.9. The van der Waals surface area contributed by atoms with Gasteiger partial charge in [-0.3, -0.25) is 0 Å². The summed E-state index contributed by atoms with van der Waals surface area (Å²) in [5.41, 5.74) is 5.16. The fraction of sp³-hybridized carbons (Fsp3) is 0.519. The summed E-state index contributed by atoms with van der Waals surface area (Å²) in [4.78, 5) is 7.43. The molecule has 3 aromatic rings. The molecule has 5 rings (SSSR count). The standard InChI is InChI=1S/C27H34BrN3O2/c1-17-5-8-23-22(11-17)29-26(27(2,3)32)31(23)24-9-10-30(16-25(24)33-4)15-18-12-19-6-7-21(28)14-20(19)13-18/h5-8,11,14,18,24-25,32H,9-10,12-13,15-16H2,1-4H3/t18?,24-,25-/m1/s1. The van der Waals surface area contributed by atoms with Crippen LogP contribution in [0.3, 0.4) is 0 Å². The number of halogens is 1. The quantitative estimate of drug-likeness (QED) is 0.522. The molecule has 5 nitrogen and oxygen atoms in total. The molecule has 33 heavy (non-hydrogen) atoms. The van der Waals surface area contributed by atoms with Crippen LogP contribution in [-0.4, -0.2) is 52.4 Å². The number of benzene rings is 2. The summed E-state index contributed by atoms with van der Waals surface area (Å²) in [5.74, 6) is 1.38. The molecule has 2 aliphatic rings. The number of rotatable bonds is 5. The number of aromatic nitrogens is 2. The van der Waals surface area contributed by atoms with Gasteiger partial charge in [-0.25, -0.2) is 4.98 Å². The minimum atomic E-state index is -1.02. The van der Waals surface area contributed by atoms with Crippen LogP contribution in [0, 0.1) is 12.8 Å². The van der Waals surface area contributed by atoms with Crippen LogP contribution in [0.5, 0.6) is 0 Å². The van der Waals surface area contributed by atoms with Gasteiger partial charge in [-0.05, 0) is 86.9 Å². The molecule has 1 N–H and O–H groups in total. The summed E-state index contributed by atoms with van der Waals surface area (Å²) in [6.07, 6.45) is 3.35. The van der Waals surface area contributed by atoms with Gasteiger partial charge in [0, 0.05) is 31.2 Å². The Kier molecular flexibility index (Phi) is 6.15. The van der Waals surface area contributed by atoms with E-state index < -0.39 is 5.60 Å². The smallest absolute Gasteiger partial charge is 0.141 e. The zero-order valence-electron chi connectivity index (χ0n) is 20.0. The summed E-state index contributed by atoms with van der Waals surface area (Å²) < 4.78 is 9.49. The van der Waals surface area contributed by atoms with E-state index in [4.69, 9.17) is 9.72 Å². The second-order valence-corrected chi connectivity index (χ2v) is 11.3. The minimum absolute atomic E-state index is 0.0523. The van der Waals surface area contributed by atoms with Gasteiger partial charge in [0.25, 0.3) is 0 Å². The Labute approximate surface area is 204 Å². The van der Waals surface area contributed by atoms with Crippen LogP contribution in [0.25, 0.3) is 11.0 Å². The van der Waals surface area contributed by atoms with Gasteiger partial charge in [0.1, 0.15) is 11.4 Å². The average Bonchev–Trinajstić information content (AvgIpc) is 3.33. The summed E-state index contributed by atoms with van der Waals surface area (Å²) in [7, 11) is 1.82. The lowest BCUT2D eigenvalue weighted by Gasteiger charge is -2.40. The number of hydrogen-bond donors (Lipinski definition) is 1. The van der Waals surface area contributed by atoms with E-state index in [9.17, 15) is 5.11 Å². The SMILES string of the molecule is CO[C@@H]1CN(CC2Cc3ccc(Br)cc3C2)CC[C@H]1n1c(C(C)(C)O)nc2cc(C)ccc21. The molecular formula is C27H34BrN3O2. The third kappa shape index (κ3) is 4.51. The molecule has 2 aromatic carbocycles. The second kappa shape index (κ2) is 8.81. The predicted octanol–water partition coefficient (Wildman–Crippen LogP) is 5.01. The Morgan fingerprint density at radius 1 is 1.15 bits per heavy atom. The first kappa shape index (κ1) is 23.0. The van der Waals surface area contributed by atoms with Gasteiger partial charge in [0.15, 0.2) is 0 Å². The first-order valence-electron chi connectivity index (χ1n) is 12.0. The highest BCUT2D eigenvalue weighted by atomic mass is 79.9. The molecule has 176 valence electrons. The Morgan fingerprint density at radius 3 is 2.70 bits per heavy atom. The van der Waals surface area contributed by atoms with Crippen LogP contribution < -0.4 is 0 Å². The Balaban J connectivity index is 1.36. The number of ether oxygens (including phenoxy) is 1. The molecule has 0 amide bonds. The monoisotopic (exact) mass is 511 g/mol. The van der Waals surface area contributed by atoms with Crippen molar-refractivity contribution in [2.75, 3.05) is 26.7 Å². The van der Waals surface area contributed by atoms with Crippen LogP contribution in [0.1, 0.15) is 48.8 Å². The van der Waals surface area contributed by atoms with Crippen molar-refractivity contribution < 1.29 is 9.84 Å². The number of piperidine rings is 1. The van der Waals surface area contributed by atoms with Gasteiger partial charge in [-0.15, -0.1) is 0 Å². The lowest BCUT2D eigenvalue weighted by atomic mass is 9.97. The largest absolute Gasteiger partial charge is 0.383 e. The summed E-state index contributed by atoms with van der Waals surface area (Å²) in [6.45, 7) is 8.75. The molecule has 0 bridgehead atoms.